The first-order chi connectivity index (χ1) is 16.9. The third-order valence-electron chi connectivity index (χ3n) is 6.47. The first kappa shape index (κ1) is 25.0. The molecule has 2 heterocycles. The molecule has 0 unspecified atom stereocenters. The fourth-order valence-corrected chi connectivity index (χ4v) is 6.38. The van der Waals surface area contributed by atoms with E-state index in [9.17, 15) is 18.0 Å². The summed E-state index contributed by atoms with van der Waals surface area (Å²) in [6, 6.07) is 15.4. The molecule has 2 saturated heterocycles. The molecular weight excluding hydrogens is 474 g/mol. The molecule has 0 saturated carbocycles. The van der Waals surface area contributed by atoms with Crippen molar-refractivity contribution in [2.75, 3.05) is 44.4 Å². The van der Waals surface area contributed by atoms with Crippen LogP contribution in [0.25, 0.3) is 0 Å². The van der Waals surface area contributed by atoms with Crippen molar-refractivity contribution >= 4 is 27.5 Å². The number of ether oxygens (including phenoxy) is 2. The Morgan fingerprint density at radius 1 is 1.06 bits per heavy atom. The normalized spacial score (nSPS) is 17.9. The standard InChI is InChI=1S/C24H29N3O7S/c28-22(25-30)24(11-17-33-18-12-24)35(31,32)21-9-7-20(8-10-21)34-16-4-13-26-14-15-27(23(26)29)19-5-2-1-3-6-19/h1-3,5-10,30H,4,11-18H2,(H,25,28). The maximum absolute atomic E-state index is 13.3. The topological polar surface area (TPSA) is 125 Å². The van der Waals surface area contributed by atoms with Crippen LogP contribution in [0.2, 0.25) is 0 Å². The van der Waals surface area contributed by atoms with Gasteiger partial charge in [0.2, 0.25) is 0 Å². The van der Waals surface area contributed by atoms with Gasteiger partial charge in [0.1, 0.15) is 5.75 Å². The van der Waals surface area contributed by atoms with Crippen molar-refractivity contribution < 1.29 is 32.7 Å². The lowest BCUT2D eigenvalue weighted by molar-refractivity contribution is -0.134. The van der Waals surface area contributed by atoms with Gasteiger partial charge in [-0.3, -0.25) is 14.9 Å². The highest BCUT2D eigenvalue weighted by Crippen LogP contribution is 2.35. The third-order valence-corrected chi connectivity index (χ3v) is 8.98. The number of urea groups is 1. The highest BCUT2D eigenvalue weighted by Gasteiger charge is 2.52. The van der Waals surface area contributed by atoms with Gasteiger partial charge < -0.3 is 14.4 Å². The predicted octanol–water partition coefficient (Wildman–Crippen LogP) is 2.23. The Bertz CT molecular complexity index is 1130. The highest BCUT2D eigenvalue weighted by atomic mass is 32.2. The minimum atomic E-state index is -4.08. The van der Waals surface area contributed by atoms with Gasteiger partial charge in [-0.05, 0) is 55.7 Å². The molecule has 0 atom stereocenters. The van der Waals surface area contributed by atoms with E-state index in [0.717, 1.165) is 5.69 Å². The number of carbonyl (C=O) groups is 2. The summed E-state index contributed by atoms with van der Waals surface area (Å²) in [4.78, 5) is 28.5. The minimum Gasteiger partial charge on any atom is -0.494 e. The summed E-state index contributed by atoms with van der Waals surface area (Å²) < 4.78 is 35.7. The average molecular weight is 504 g/mol. The van der Waals surface area contributed by atoms with Crippen molar-refractivity contribution in [2.45, 2.75) is 28.9 Å². The molecule has 0 spiro atoms. The summed E-state index contributed by atoms with van der Waals surface area (Å²) in [6.45, 7) is 2.41. The molecule has 2 aliphatic heterocycles. The molecule has 0 radical (unpaired) electrons. The number of nitrogens with one attached hydrogen (secondary N) is 1. The molecule has 4 rings (SSSR count). The molecule has 2 aliphatic rings. The molecule has 3 amide bonds. The van der Waals surface area contributed by atoms with E-state index in [-0.39, 0.29) is 37.0 Å². The number of para-hydroxylation sites is 1. The molecule has 2 aromatic carbocycles. The number of benzene rings is 2. The van der Waals surface area contributed by atoms with Crippen LogP contribution in [0.15, 0.2) is 59.5 Å². The SMILES string of the molecule is O=C1N(CCCOc2ccc(S(=O)(=O)C3(C(=O)NO)CCOCC3)cc2)CCN1c1ccccc1. The van der Waals surface area contributed by atoms with Crippen LogP contribution in [0, 0.1) is 0 Å². The molecule has 10 nitrogen and oxygen atoms in total. The van der Waals surface area contributed by atoms with Crippen molar-refractivity contribution in [3.63, 3.8) is 0 Å². The van der Waals surface area contributed by atoms with Crippen LogP contribution >= 0.6 is 0 Å². The van der Waals surface area contributed by atoms with E-state index in [2.05, 4.69) is 0 Å². The third kappa shape index (κ3) is 4.97. The summed E-state index contributed by atoms with van der Waals surface area (Å²) in [5, 5.41) is 9.14. The second-order valence-corrected chi connectivity index (χ2v) is 10.7. The molecule has 11 heteroatoms. The van der Waals surface area contributed by atoms with Crippen LogP contribution in [0.5, 0.6) is 5.75 Å². The van der Waals surface area contributed by atoms with Crippen LogP contribution in [-0.4, -0.2) is 74.7 Å². The van der Waals surface area contributed by atoms with Crippen LogP contribution < -0.4 is 15.1 Å². The van der Waals surface area contributed by atoms with E-state index in [1.54, 1.807) is 9.80 Å². The van der Waals surface area contributed by atoms with Crippen molar-refractivity contribution in [3.05, 3.63) is 54.6 Å². The zero-order valence-corrected chi connectivity index (χ0v) is 20.1. The summed E-state index contributed by atoms with van der Waals surface area (Å²) >= 11 is 0. The second kappa shape index (κ2) is 10.6. The molecule has 188 valence electrons. The number of hydrogen-bond acceptors (Lipinski definition) is 7. The van der Waals surface area contributed by atoms with Gasteiger partial charge in [-0.15, -0.1) is 0 Å². The number of rotatable bonds is 9. The average Bonchev–Trinajstić information content (AvgIpc) is 3.27. The lowest BCUT2D eigenvalue weighted by atomic mass is 9.98. The summed E-state index contributed by atoms with van der Waals surface area (Å²) in [7, 11) is -4.08. The maximum Gasteiger partial charge on any atom is 0.324 e. The van der Waals surface area contributed by atoms with E-state index >= 15 is 0 Å². The Labute approximate surface area is 204 Å². The molecule has 0 aromatic heterocycles. The van der Waals surface area contributed by atoms with Gasteiger partial charge in [-0.25, -0.2) is 18.7 Å². The van der Waals surface area contributed by atoms with Crippen LogP contribution in [0.1, 0.15) is 19.3 Å². The van der Waals surface area contributed by atoms with Crippen molar-refractivity contribution in [1.29, 1.82) is 0 Å². The van der Waals surface area contributed by atoms with Gasteiger partial charge in [0.15, 0.2) is 14.6 Å². The van der Waals surface area contributed by atoms with Crippen molar-refractivity contribution in [3.8, 4) is 5.75 Å². The smallest absolute Gasteiger partial charge is 0.324 e. The maximum atomic E-state index is 13.3. The monoisotopic (exact) mass is 503 g/mol. The first-order valence-corrected chi connectivity index (χ1v) is 13.0. The number of hydrogen-bond donors (Lipinski definition) is 2. The van der Waals surface area contributed by atoms with Crippen molar-refractivity contribution in [2.24, 2.45) is 0 Å². The minimum absolute atomic E-state index is 0.0280. The zero-order chi connectivity index (χ0) is 24.9. The predicted molar refractivity (Wildman–Crippen MR) is 127 cm³/mol. The highest BCUT2D eigenvalue weighted by molar-refractivity contribution is 7.93. The molecule has 35 heavy (non-hydrogen) atoms. The number of sulfone groups is 1. The Kier molecular flexibility index (Phi) is 7.58. The summed E-state index contributed by atoms with van der Waals surface area (Å²) in [6.07, 6.45) is 0.530. The van der Waals surface area contributed by atoms with E-state index < -0.39 is 20.5 Å². The number of anilines is 1. The molecular formula is C24H29N3O7S. The van der Waals surface area contributed by atoms with Gasteiger partial charge in [0.25, 0.3) is 5.91 Å². The van der Waals surface area contributed by atoms with Crippen LogP contribution in [0.3, 0.4) is 0 Å². The molecule has 2 fully saturated rings. The van der Waals surface area contributed by atoms with E-state index in [1.807, 2.05) is 30.3 Å². The van der Waals surface area contributed by atoms with Gasteiger partial charge in [-0.2, -0.15) is 0 Å². The first-order valence-electron chi connectivity index (χ1n) is 11.5. The fraction of sp³-hybridized carbons (Fsp3) is 0.417. The fourth-order valence-electron chi connectivity index (χ4n) is 4.44. The number of hydroxylamine groups is 1. The largest absolute Gasteiger partial charge is 0.494 e. The zero-order valence-electron chi connectivity index (χ0n) is 19.3. The van der Waals surface area contributed by atoms with Crippen LogP contribution in [0.4, 0.5) is 10.5 Å². The van der Waals surface area contributed by atoms with Gasteiger partial charge >= 0.3 is 6.03 Å². The number of amides is 3. The van der Waals surface area contributed by atoms with Gasteiger partial charge in [-0.1, -0.05) is 18.2 Å². The Balaban J connectivity index is 1.31. The number of nitrogens with zero attached hydrogens (tertiary/aromatic N) is 2. The van der Waals surface area contributed by atoms with E-state index in [0.29, 0.717) is 38.4 Å². The molecule has 2 aromatic rings. The Hall–Kier alpha value is -3.15. The Morgan fingerprint density at radius 3 is 2.40 bits per heavy atom. The van der Waals surface area contributed by atoms with E-state index in [4.69, 9.17) is 14.7 Å². The number of carbonyl (C=O) groups excluding carboxylic acids is 2. The van der Waals surface area contributed by atoms with Gasteiger partial charge in [0, 0.05) is 38.5 Å². The van der Waals surface area contributed by atoms with Gasteiger partial charge in [0.05, 0.1) is 11.5 Å². The second-order valence-electron chi connectivity index (χ2n) is 8.48. The lowest BCUT2D eigenvalue weighted by Gasteiger charge is -2.34. The molecule has 0 bridgehead atoms. The molecule has 2 N–H and O–H groups in total. The lowest BCUT2D eigenvalue weighted by Crippen LogP contribution is -2.54. The van der Waals surface area contributed by atoms with Crippen LogP contribution in [-0.2, 0) is 19.4 Å². The van der Waals surface area contributed by atoms with E-state index in [1.165, 1.54) is 29.7 Å². The molecule has 0 aliphatic carbocycles. The summed E-state index contributed by atoms with van der Waals surface area (Å²) in [5.41, 5.74) is 2.39. The Morgan fingerprint density at radius 2 is 1.74 bits per heavy atom. The van der Waals surface area contributed by atoms with Crippen molar-refractivity contribution in [1.82, 2.24) is 10.4 Å². The summed E-state index contributed by atoms with van der Waals surface area (Å²) in [5.74, 6) is -0.473. The quantitative estimate of drug-likeness (QED) is 0.305.